The van der Waals surface area contributed by atoms with E-state index in [2.05, 4.69) is 10.2 Å². The fraction of sp³-hybridized carbons (Fsp3) is 0.200. The van der Waals surface area contributed by atoms with Crippen molar-refractivity contribution in [2.45, 2.75) is 18.6 Å². The van der Waals surface area contributed by atoms with Crippen LogP contribution in [0.15, 0.2) is 17.3 Å². The van der Waals surface area contributed by atoms with Crippen molar-refractivity contribution in [3.63, 3.8) is 0 Å². The van der Waals surface area contributed by atoms with E-state index in [1.807, 2.05) is 0 Å². The molecule has 6 nitrogen and oxygen atoms in total. The fourth-order valence-electron chi connectivity index (χ4n) is 1.72. The van der Waals surface area contributed by atoms with Gasteiger partial charge in [0.25, 0.3) is 15.2 Å². The highest BCUT2D eigenvalue weighted by molar-refractivity contribution is 7.89. The zero-order chi connectivity index (χ0) is 15.1. The number of aromatic nitrogens is 3. The monoisotopic (exact) mass is 306 g/mol. The Kier molecular flexibility index (Phi) is 3.52. The molecule has 0 atom stereocenters. The van der Waals surface area contributed by atoms with Gasteiger partial charge in [-0.3, -0.25) is 4.57 Å². The zero-order valence-corrected chi connectivity index (χ0v) is 11.0. The number of rotatable bonds is 3. The molecule has 2 N–H and O–H groups in total. The molecule has 0 amide bonds. The summed E-state index contributed by atoms with van der Waals surface area (Å²) in [5.74, 6) is -3.92. The van der Waals surface area contributed by atoms with E-state index < -0.39 is 38.2 Å². The fourth-order valence-corrected chi connectivity index (χ4v) is 2.40. The van der Waals surface area contributed by atoms with Crippen LogP contribution < -0.4 is 5.14 Å². The van der Waals surface area contributed by atoms with Gasteiger partial charge in [0.2, 0.25) is 0 Å². The van der Waals surface area contributed by atoms with Crippen LogP contribution in [-0.2, 0) is 16.6 Å². The maximum atomic E-state index is 13.7. The summed E-state index contributed by atoms with van der Waals surface area (Å²) in [5, 5.41) is 11.0. The Morgan fingerprint density at radius 3 is 2.20 bits per heavy atom. The third-order valence-corrected chi connectivity index (χ3v) is 3.33. The Bertz CT molecular complexity index is 750. The minimum Gasteiger partial charge on any atom is -0.297 e. The van der Waals surface area contributed by atoms with E-state index in [4.69, 9.17) is 5.14 Å². The SMILES string of the molecule is CCn1c(-c2c(F)cc(F)cc2F)nnc1S(N)(=O)=O. The molecule has 2 rings (SSSR count). The first-order chi connectivity index (χ1) is 9.25. The van der Waals surface area contributed by atoms with Crippen LogP contribution in [0.5, 0.6) is 0 Å². The quantitative estimate of drug-likeness (QED) is 0.917. The van der Waals surface area contributed by atoms with Crippen LogP contribution in [0, 0.1) is 17.5 Å². The lowest BCUT2D eigenvalue weighted by Crippen LogP contribution is -2.18. The van der Waals surface area contributed by atoms with Gasteiger partial charge in [-0.15, -0.1) is 10.2 Å². The van der Waals surface area contributed by atoms with Gasteiger partial charge in [0.15, 0.2) is 5.82 Å². The highest BCUT2D eigenvalue weighted by Gasteiger charge is 2.25. The summed E-state index contributed by atoms with van der Waals surface area (Å²) in [6.07, 6.45) is 0. The van der Waals surface area contributed by atoms with Gasteiger partial charge in [0, 0.05) is 18.7 Å². The first-order valence-corrected chi connectivity index (χ1v) is 6.91. The van der Waals surface area contributed by atoms with E-state index in [-0.39, 0.29) is 12.4 Å². The van der Waals surface area contributed by atoms with E-state index >= 15 is 0 Å². The average Bonchev–Trinajstić information content (AvgIpc) is 2.70. The average molecular weight is 306 g/mol. The first kappa shape index (κ1) is 14.5. The number of halogens is 3. The van der Waals surface area contributed by atoms with Crippen molar-refractivity contribution in [3.8, 4) is 11.4 Å². The summed E-state index contributed by atoms with van der Waals surface area (Å²) >= 11 is 0. The van der Waals surface area contributed by atoms with E-state index in [0.717, 1.165) is 4.57 Å². The largest absolute Gasteiger partial charge is 0.297 e. The molecule has 0 spiro atoms. The number of hydrogen-bond acceptors (Lipinski definition) is 4. The van der Waals surface area contributed by atoms with E-state index in [1.54, 1.807) is 0 Å². The van der Waals surface area contributed by atoms with Gasteiger partial charge in [-0.2, -0.15) is 0 Å². The number of hydrogen-bond donors (Lipinski definition) is 1. The van der Waals surface area contributed by atoms with Crippen LogP contribution in [0.2, 0.25) is 0 Å². The predicted octanol–water partition coefficient (Wildman–Crippen LogP) is 1.03. The van der Waals surface area contributed by atoms with E-state index in [9.17, 15) is 21.6 Å². The first-order valence-electron chi connectivity index (χ1n) is 5.36. The zero-order valence-electron chi connectivity index (χ0n) is 10.1. The molecule has 1 aromatic heterocycles. The molecule has 0 aliphatic carbocycles. The molecule has 0 saturated carbocycles. The molecule has 108 valence electrons. The summed E-state index contributed by atoms with van der Waals surface area (Å²) in [4.78, 5) is 0. The minimum absolute atomic E-state index is 0.00432. The van der Waals surface area contributed by atoms with Crippen LogP contribution in [0.3, 0.4) is 0 Å². The molecule has 1 heterocycles. The minimum atomic E-state index is -4.20. The maximum absolute atomic E-state index is 13.7. The molecule has 20 heavy (non-hydrogen) atoms. The molecule has 0 radical (unpaired) electrons. The van der Waals surface area contributed by atoms with Gasteiger partial charge in [0.1, 0.15) is 17.5 Å². The lowest BCUT2D eigenvalue weighted by molar-refractivity contribution is 0.542. The van der Waals surface area contributed by atoms with Gasteiger partial charge in [-0.25, -0.2) is 26.7 Å². The standard InChI is InChI=1S/C10H9F3N4O2S/c1-2-17-9(15-16-10(17)20(14,18)19)8-6(12)3-5(11)4-7(8)13/h3-4H,2H2,1H3,(H2,14,18,19). The summed E-state index contributed by atoms with van der Waals surface area (Å²) in [6.45, 7) is 1.52. The maximum Gasteiger partial charge on any atom is 0.273 e. The van der Waals surface area contributed by atoms with Crippen molar-refractivity contribution in [2.24, 2.45) is 5.14 Å². The molecule has 0 aliphatic heterocycles. The molecule has 0 saturated heterocycles. The Morgan fingerprint density at radius 1 is 1.20 bits per heavy atom. The number of sulfonamides is 1. The molecule has 0 fully saturated rings. The van der Waals surface area contributed by atoms with Crippen LogP contribution in [0.1, 0.15) is 6.92 Å². The second-order valence-electron chi connectivity index (χ2n) is 3.84. The smallest absolute Gasteiger partial charge is 0.273 e. The molecule has 2 aromatic rings. The summed E-state index contributed by atoms with van der Waals surface area (Å²) in [5.41, 5.74) is -0.671. The summed E-state index contributed by atoms with van der Waals surface area (Å²) < 4.78 is 63.7. The van der Waals surface area contributed by atoms with Gasteiger partial charge < -0.3 is 0 Å². The van der Waals surface area contributed by atoms with Crippen molar-refractivity contribution in [1.82, 2.24) is 14.8 Å². The topological polar surface area (TPSA) is 90.9 Å². The number of benzene rings is 1. The molecular formula is C10H9F3N4O2S. The van der Waals surface area contributed by atoms with E-state index in [1.165, 1.54) is 6.92 Å². The van der Waals surface area contributed by atoms with Crippen molar-refractivity contribution < 1.29 is 21.6 Å². The Morgan fingerprint density at radius 2 is 1.75 bits per heavy atom. The molecule has 1 aromatic carbocycles. The third-order valence-electron chi connectivity index (χ3n) is 2.52. The Hall–Kier alpha value is -1.94. The highest BCUT2D eigenvalue weighted by Crippen LogP contribution is 2.26. The van der Waals surface area contributed by atoms with Crippen LogP contribution in [-0.4, -0.2) is 23.2 Å². The number of nitrogens with zero attached hydrogens (tertiary/aromatic N) is 3. The van der Waals surface area contributed by atoms with Crippen molar-refractivity contribution >= 4 is 10.0 Å². The number of nitrogens with two attached hydrogens (primary N) is 1. The second-order valence-corrected chi connectivity index (χ2v) is 5.30. The molecule has 0 unspecified atom stereocenters. The molecule has 10 heteroatoms. The summed E-state index contributed by atoms with van der Waals surface area (Å²) in [6, 6.07) is 0.924. The predicted molar refractivity (Wildman–Crippen MR) is 62.4 cm³/mol. The van der Waals surface area contributed by atoms with Crippen molar-refractivity contribution in [2.75, 3.05) is 0 Å². The van der Waals surface area contributed by atoms with Gasteiger partial charge in [0.05, 0.1) is 5.56 Å². The molecule has 0 bridgehead atoms. The Balaban J connectivity index is 2.75. The van der Waals surface area contributed by atoms with Crippen molar-refractivity contribution in [3.05, 3.63) is 29.6 Å². The van der Waals surface area contributed by atoms with Gasteiger partial charge in [-0.05, 0) is 6.92 Å². The van der Waals surface area contributed by atoms with Crippen LogP contribution >= 0.6 is 0 Å². The Labute approximate surface area is 112 Å². The van der Waals surface area contributed by atoms with Crippen LogP contribution in [0.25, 0.3) is 11.4 Å². The van der Waals surface area contributed by atoms with Gasteiger partial charge in [-0.1, -0.05) is 0 Å². The van der Waals surface area contributed by atoms with Crippen LogP contribution in [0.4, 0.5) is 13.2 Å². The second kappa shape index (κ2) is 4.87. The number of primary sulfonamides is 1. The van der Waals surface area contributed by atoms with Gasteiger partial charge >= 0.3 is 0 Å². The van der Waals surface area contributed by atoms with Crippen molar-refractivity contribution in [1.29, 1.82) is 0 Å². The van der Waals surface area contributed by atoms with E-state index in [0.29, 0.717) is 12.1 Å². The third kappa shape index (κ3) is 2.39. The lowest BCUT2D eigenvalue weighted by Gasteiger charge is -2.08. The molecule has 0 aliphatic rings. The summed E-state index contributed by atoms with van der Waals surface area (Å²) in [7, 11) is -4.20. The molecular weight excluding hydrogens is 297 g/mol. The highest BCUT2D eigenvalue weighted by atomic mass is 32.2. The normalized spacial score (nSPS) is 11.8. The lowest BCUT2D eigenvalue weighted by atomic mass is 10.2.